The Morgan fingerprint density at radius 2 is 2.06 bits per heavy atom. The average molecular weight is 398 g/mol. The minimum absolute atomic E-state index is 0. The van der Waals surface area contributed by atoms with E-state index >= 15 is 0 Å². The second-order valence-corrected chi connectivity index (χ2v) is 3.95. The van der Waals surface area contributed by atoms with Gasteiger partial charge in [0.1, 0.15) is 6.29 Å². The summed E-state index contributed by atoms with van der Waals surface area (Å²) in [6.07, 6.45) is 1.54. The third-order valence-corrected chi connectivity index (χ3v) is 2.04. The number of rotatable bonds is 8. The van der Waals surface area contributed by atoms with Crippen molar-refractivity contribution in [3.05, 3.63) is 7.05 Å². The number of ether oxygens (including phenoxy) is 1. The Bertz CT molecular complexity index is 200. The van der Waals surface area contributed by atoms with Crippen molar-refractivity contribution in [2.45, 2.75) is 26.7 Å². The molecule has 0 rings (SSSR count). The molecule has 1 N–H and O–H groups in total. The molecule has 94 valence electrons. The fourth-order valence-corrected chi connectivity index (χ4v) is 1.13. The molecule has 2 atom stereocenters. The Kier molecular flexibility index (Phi) is 12.8. The van der Waals surface area contributed by atoms with Gasteiger partial charge in [-0.3, -0.25) is 11.8 Å². The van der Waals surface area contributed by atoms with Crippen LogP contribution >= 0.6 is 0 Å². The van der Waals surface area contributed by atoms with Crippen LogP contribution in [-0.4, -0.2) is 25.4 Å². The third-order valence-electron chi connectivity index (χ3n) is 2.04. The largest absolute Gasteiger partial charge is 0.472 e. The van der Waals surface area contributed by atoms with Crippen LogP contribution in [0, 0.1) is 18.9 Å². The van der Waals surface area contributed by atoms with Gasteiger partial charge < -0.3 is 14.8 Å². The quantitative estimate of drug-likeness (QED) is 0.379. The van der Waals surface area contributed by atoms with Crippen LogP contribution < -0.4 is 5.32 Å². The van der Waals surface area contributed by atoms with Crippen molar-refractivity contribution in [1.82, 2.24) is 5.32 Å². The van der Waals surface area contributed by atoms with Crippen LogP contribution in [0.5, 0.6) is 0 Å². The molecule has 0 aliphatic carbocycles. The zero-order valence-corrected chi connectivity index (χ0v) is 12.8. The molecule has 0 spiro atoms. The van der Waals surface area contributed by atoms with Gasteiger partial charge in [0, 0.05) is 39.8 Å². The molecule has 0 aromatic heterocycles. The molecule has 0 bridgehead atoms. The summed E-state index contributed by atoms with van der Waals surface area (Å²) in [4.78, 5) is 21.4. The van der Waals surface area contributed by atoms with Crippen molar-refractivity contribution in [2.24, 2.45) is 11.8 Å². The molecule has 5 heteroatoms. The number of nitrogens with one attached hydrogen (secondary N) is 1. The molecule has 0 radical (unpaired) electrons. The van der Waals surface area contributed by atoms with Crippen molar-refractivity contribution in [1.29, 1.82) is 0 Å². The van der Waals surface area contributed by atoms with E-state index in [0.29, 0.717) is 19.4 Å². The number of aldehydes is 1. The van der Waals surface area contributed by atoms with Gasteiger partial charge in [-0.1, -0.05) is 13.8 Å². The van der Waals surface area contributed by atoms with Crippen molar-refractivity contribution in [2.75, 3.05) is 13.2 Å². The minimum Gasteiger partial charge on any atom is -0.472 e. The summed E-state index contributed by atoms with van der Waals surface area (Å²) in [5.74, 6) is 0.0874. The maximum Gasteiger partial charge on any atom is 0.306 e. The van der Waals surface area contributed by atoms with E-state index in [0.717, 1.165) is 12.8 Å². The summed E-state index contributed by atoms with van der Waals surface area (Å²) < 4.78 is 5.05. The maximum atomic E-state index is 11.3. The third kappa shape index (κ3) is 10.3. The van der Waals surface area contributed by atoms with Gasteiger partial charge in [-0.05, 0) is 12.5 Å². The first-order valence-corrected chi connectivity index (χ1v) is 5.19. The zero-order chi connectivity index (χ0) is 11.7. The Labute approximate surface area is 112 Å². The molecule has 0 aromatic rings. The predicted octanol–water partition coefficient (Wildman–Crippen LogP) is 1.16. The smallest absolute Gasteiger partial charge is 0.306 e. The van der Waals surface area contributed by atoms with Gasteiger partial charge in [-0.2, -0.15) is 0 Å². The Hall–Kier alpha value is -0.212. The fraction of sp³-hybridized carbons (Fsp3) is 0.727. The van der Waals surface area contributed by atoms with Crippen molar-refractivity contribution in [3.8, 4) is 0 Å². The summed E-state index contributed by atoms with van der Waals surface area (Å²) in [7, 11) is 3.50. The van der Waals surface area contributed by atoms with Gasteiger partial charge >= 0.3 is 5.97 Å². The summed E-state index contributed by atoms with van der Waals surface area (Å²) in [5.41, 5.74) is 0. The molecule has 2 unspecified atom stereocenters. The number of hydrogen-bond acceptors (Lipinski definition) is 4. The molecule has 0 aliphatic heterocycles. The number of carbonyl (C=O) groups excluding carboxylic acids is 2. The molecule has 0 aliphatic rings. The van der Waals surface area contributed by atoms with E-state index in [2.05, 4.69) is 12.4 Å². The summed E-state index contributed by atoms with van der Waals surface area (Å²) in [6.45, 7) is 4.95. The Morgan fingerprint density at radius 1 is 1.44 bits per heavy atom. The van der Waals surface area contributed by atoms with E-state index in [9.17, 15) is 9.59 Å². The monoisotopic (exact) mass is 398 g/mol. The van der Waals surface area contributed by atoms with Gasteiger partial charge in [-0.25, -0.2) is 0 Å². The van der Waals surface area contributed by atoms with Gasteiger partial charge in [-0.15, -0.1) is 0 Å². The number of hydrogen-bond donors (Lipinski definition) is 1. The number of carbonyl (C=O) groups is 2. The van der Waals surface area contributed by atoms with Crippen molar-refractivity contribution in [3.63, 3.8) is 0 Å². The molecule has 0 amide bonds. The minimum atomic E-state index is -0.236. The first kappa shape index (κ1) is 18.2. The normalized spacial score (nSPS) is 13.4. The molecule has 16 heavy (non-hydrogen) atoms. The molecule has 0 saturated carbocycles. The SMILES string of the molecule is [CH2-]NCC(C)COC(=O)CC(C)CC=O.[W]. The molecule has 0 fully saturated rings. The van der Waals surface area contributed by atoms with Gasteiger partial charge in [0.05, 0.1) is 6.61 Å². The van der Waals surface area contributed by atoms with Crippen LogP contribution in [-0.2, 0) is 35.4 Å². The molecular formula is C11H20NO3W-. The van der Waals surface area contributed by atoms with Crippen LogP contribution in [0.15, 0.2) is 0 Å². The molecule has 0 aromatic carbocycles. The zero-order valence-electron chi connectivity index (χ0n) is 9.90. The van der Waals surface area contributed by atoms with Crippen molar-refractivity contribution < 1.29 is 35.4 Å². The number of esters is 1. The van der Waals surface area contributed by atoms with E-state index in [1.54, 1.807) is 0 Å². The second kappa shape index (κ2) is 11.3. The fourth-order valence-electron chi connectivity index (χ4n) is 1.13. The Balaban J connectivity index is 0. The first-order chi connectivity index (χ1) is 7.10. The van der Waals surface area contributed by atoms with Gasteiger partial charge in [0.2, 0.25) is 0 Å². The van der Waals surface area contributed by atoms with Crippen LogP contribution in [0.1, 0.15) is 26.7 Å². The van der Waals surface area contributed by atoms with Crippen LogP contribution in [0.4, 0.5) is 0 Å². The van der Waals surface area contributed by atoms with E-state index in [-0.39, 0.29) is 38.9 Å². The predicted molar refractivity (Wildman–Crippen MR) is 57.9 cm³/mol. The molecular weight excluding hydrogens is 378 g/mol. The second-order valence-electron chi connectivity index (χ2n) is 3.95. The maximum absolute atomic E-state index is 11.3. The molecule has 0 saturated heterocycles. The summed E-state index contributed by atoms with van der Waals surface area (Å²) >= 11 is 0. The topological polar surface area (TPSA) is 55.4 Å². The van der Waals surface area contributed by atoms with E-state index in [1.165, 1.54) is 0 Å². The van der Waals surface area contributed by atoms with Crippen LogP contribution in [0.25, 0.3) is 0 Å². The van der Waals surface area contributed by atoms with Gasteiger partial charge in [0.15, 0.2) is 0 Å². The Morgan fingerprint density at radius 3 is 2.56 bits per heavy atom. The van der Waals surface area contributed by atoms with E-state index in [4.69, 9.17) is 4.74 Å². The van der Waals surface area contributed by atoms with E-state index < -0.39 is 0 Å². The first-order valence-electron chi connectivity index (χ1n) is 5.19. The van der Waals surface area contributed by atoms with E-state index in [1.807, 2.05) is 13.8 Å². The van der Waals surface area contributed by atoms with Gasteiger partial charge in [0.25, 0.3) is 0 Å². The molecule has 4 nitrogen and oxygen atoms in total. The van der Waals surface area contributed by atoms with Crippen LogP contribution in [0.2, 0.25) is 0 Å². The summed E-state index contributed by atoms with van der Waals surface area (Å²) in [6, 6.07) is 0. The summed E-state index contributed by atoms with van der Waals surface area (Å²) in [5, 5.41) is 2.76. The molecule has 0 heterocycles. The average Bonchev–Trinajstić information content (AvgIpc) is 2.15. The standard InChI is InChI=1S/C11H20NO3.W/c1-9(4-5-13)6-11(14)15-8-10(2)7-12-3;/h5,9-10,12H,3-4,6-8H2,1-2H3;/q-1;. The van der Waals surface area contributed by atoms with Crippen molar-refractivity contribution >= 4 is 12.3 Å². The van der Waals surface area contributed by atoms with Crippen LogP contribution in [0.3, 0.4) is 0 Å².